The van der Waals surface area contributed by atoms with Crippen LogP contribution in [0, 0.1) is 0 Å². The molecule has 1 fully saturated rings. The zero-order valence-corrected chi connectivity index (χ0v) is 19.4. The van der Waals surface area contributed by atoms with Crippen LogP contribution in [-0.4, -0.2) is 75.1 Å². The predicted octanol–water partition coefficient (Wildman–Crippen LogP) is 2.59. The Morgan fingerprint density at radius 2 is 1.71 bits per heavy atom. The fourth-order valence-electron chi connectivity index (χ4n) is 3.82. The first-order valence-electron chi connectivity index (χ1n) is 10.5. The minimum Gasteiger partial charge on any atom is -0.334 e. The molecule has 2 aromatic rings. The number of urea groups is 1. The molecular formula is C23H32N4O3S. The summed E-state index contributed by atoms with van der Waals surface area (Å²) in [5.41, 5.74) is 4.51. The van der Waals surface area contributed by atoms with Gasteiger partial charge >= 0.3 is 6.03 Å². The summed E-state index contributed by atoms with van der Waals surface area (Å²) in [6.07, 6.45) is 1.85. The fraction of sp³-hybridized carbons (Fsp3) is 0.435. The maximum absolute atomic E-state index is 12.7. The minimum atomic E-state index is -3.23. The molecule has 0 aliphatic carbocycles. The van der Waals surface area contributed by atoms with Crippen molar-refractivity contribution in [3.63, 3.8) is 0 Å². The van der Waals surface area contributed by atoms with Crippen molar-refractivity contribution in [2.75, 3.05) is 46.5 Å². The molecule has 2 aromatic carbocycles. The normalized spacial score (nSPS) is 15.7. The zero-order valence-electron chi connectivity index (χ0n) is 18.5. The number of rotatable bonds is 6. The van der Waals surface area contributed by atoms with E-state index in [1.807, 2.05) is 18.2 Å². The lowest BCUT2D eigenvalue weighted by molar-refractivity contribution is 0.200. The second kappa shape index (κ2) is 10.3. The van der Waals surface area contributed by atoms with E-state index in [9.17, 15) is 13.2 Å². The van der Waals surface area contributed by atoms with Crippen molar-refractivity contribution in [3.8, 4) is 11.1 Å². The molecule has 0 saturated carbocycles. The van der Waals surface area contributed by atoms with Gasteiger partial charge in [0.25, 0.3) is 0 Å². The first kappa shape index (κ1) is 23.2. The first-order valence-corrected chi connectivity index (χ1v) is 12.4. The second-order valence-electron chi connectivity index (χ2n) is 8.25. The molecule has 7 nitrogen and oxygen atoms in total. The van der Waals surface area contributed by atoms with E-state index >= 15 is 0 Å². The topological polar surface area (TPSA) is 73.0 Å². The smallest absolute Gasteiger partial charge is 0.317 e. The zero-order chi connectivity index (χ0) is 22.4. The molecule has 1 aliphatic heterocycles. The SMILES string of the molecule is CN(C)Cc1ccc(-c2ccccc2CNC(=O)N2CCCN(S(C)(=O)=O)CC2)cc1. The molecule has 2 amide bonds. The van der Waals surface area contributed by atoms with Crippen LogP contribution in [0.3, 0.4) is 0 Å². The third kappa shape index (κ3) is 6.53. The lowest BCUT2D eigenvalue weighted by Crippen LogP contribution is -2.42. The summed E-state index contributed by atoms with van der Waals surface area (Å²) in [6, 6.07) is 16.4. The van der Waals surface area contributed by atoms with Crippen molar-refractivity contribution in [2.45, 2.75) is 19.5 Å². The van der Waals surface area contributed by atoms with Crippen molar-refractivity contribution >= 4 is 16.1 Å². The van der Waals surface area contributed by atoms with Gasteiger partial charge in [0.2, 0.25) is 10.0 Å². The van der Waals surface area contributed by atoms with Crippen LogP contribution >= 0.6 is 0 Å². The largest absolute Gasteiger partial charge is 0.334 e. The van der Waals surface area contributed by atoms with E-state index in [1.165, 1.54) is 16.1 Å². The summed E-state index contributed by atoms with van der Waals surface area (Å²) in [5, 5.41) is 3.01. The van der Waals surface area contributed by atoms with E-state index in [2.05, 4.69) is 54.6 Å². The summed E-state index contributed by atoms with van der Waals surface area (Å²) in [6.45, 7) is 3.05. The van der Waals surface area contributed by atoms with Gasteiger partial charge in [-0.2, -0.15) is 0 Å². The third-order valence-electron chi connectivity index (χ3n) is 5.42. The number of nitrogens with zero attached hydrogens (tertiary/aromatic N) is 3. The Hall–Kier alpha value is -2.42. The maximum atomic E-state index is 12.7. The van der Waals surface area contributed by atoms with Gasteiger partial charge in [-0.05, 0) is 42.8 Å². The average Bonchev–Trinajstić information content (AvgIpc) is 2.99. The van der Waals surface area contributed by atoms with Crippen LogP contribution in [0.25, 0.3) is 11.1 Å². The number of nitrogens with one attached hydrogen (secondary N) is 1. The van der Waals surface area contributed by atoms with E-state index < -0.39 is 10.0 Å². The van der Waals surface area contributed by atoms with Gasteiger partial charge in [0.15, 0.2) is 0 Å². The van der Waals surface area contributed by atoms with Gasteiger partial charge in [-0.25, -0.2) is 17.5 Å². The number of benzene rings is 2. The number of carbonyl (C=O) groups excluding carboxylic acids is 1. The van der Waals surface area contributed by atoms with Gasteiger partial charge in [-0.1, -0.05) is 48.5 Å². The maximum Gasteiger partial charge on any atom is 0.317 e. The quantitative estimate of drug-likeness (QED) is 0.743. The lowest BCUT2D eigenvalue weighted by atomic mass is 9.98. The predicted molar refractivity (Wildman–Crippen MR) is 124 cm³/mol. The van der Waals surface area contributed by atoms with E-state index in [0.29, 0.717) is 39.1 Å². The van der Waals surface area contributed by atoms with Crippen LogP contribution < -0.4 is 5.32 Å². The van der Waals surface area contributed by atoms with Crippen LogP contribution in [0.15, 0.2) is 48.5 Å². The van der Waals surface area contributed by atoms with Crippen molar-refractivity contribution in [2.24, 2.45) is 0 Å². The summed E-state index contributed by atoms with van der Waals surface area (Å²) in [7, 11) is 0.873. The number of amides is 2. The van der Waals surface area contributed by atoms with Crippen LogP contribution in [-0.2, 0) is 23.1 Å². The minimum absolute atomic E-state index is 0.161. The molecule has 8 heteroatoms. The standard InChI is InChI=1S/C23H32N4O3S/c1-25(2)18-19-9-11-20(12-10-19)22-8-5-4-7-21(22)17-24-23(28)26-13-6-14-27(16-15-26)31(3,29)30/h4-5,7-12H,6,13-18H2,1-3H3,(H,24,28). The van der Waals surface area contributed by atoms with E-state index in [0.717, 1.165) is 23.2 Å². The molecule has 31 heavy (non-hydrogen) atoms. The van der Waals surface area contributed by atoms with Gasteiger partial charge in [0.1, 0.15) is 0 Å². The molecule has 0 radical (unpaired) electrons. The van der Waals surface area contributed by atoms with Gasteiger partial charge in [0.05, 0.1) is 6.26 Å². The second-order valence-corrected chi connectivity index (χ2v) is 10.2. The Morgan fingerprint density at radius 3 is 2.39 bits per heavy atom. The Balaban J connectivity index is 1.64. The Bertz CT molecular complexity index is 990. The molecule has 0 aromatic heterocycles. The highest BCUT2D eigenvalue weighted by Crippen LogP contribution is 2.24. The van der Waals surface area contributed by atoms with Gasteiger partial charge in [-0.3, -0.25) is 0 Å². The van der Waals surface area contributed by atoms with Crippen LogP contribution in [0.1, 0.15) is 17.5 Å². The van der Waals surface area contributed by atoms with E-state index in [1.54, 1.807) is 4.90 Å². The van der Waals surface area contributed by atoms with Crippen LogP contribution in [0.5, 0.6) is 0 Å². The average molecular weight is 445 g/mol. The number of sulfonamides is 1. The summed E-state index contributed by atoms with van der Waals surface area (Å²) < 4.78 is 25.0. The first-order chi connectivity index (χ1) is 14.7. The van der Waals surface area contributed by atoms with Gasteiger partial charge in [-0.15, -0.1) is 0 Å². The monoisotopic (exact) mass is 444 g/mol. The van der Waals surface area contributed by atoms with Crippen molar-refractivity contribution in [1.29, 1.82) is 0 Å². The Morgan fingerprint density at radius 1 is 1.00 bits per heavy atom. The molecule has 0 unspecified atom stereocenters. The number of hydrogen-bond acceptors (Lipinski definition) is 4. The van der Waals surface area contributed by atoms with Crippen LogP contribution in [0.2, 0.25) is 0 Å². The van der Waals surface area contributed by atoms with Crippen molar-refractivity contribution < 1.29 is 13.2 Å². The highest BCUT2D eigenvalue weighted by molar-refractivity contribution is 7.88. The van der Waals surface area contributed by atoms with Crippen LogP contribution in [0.4, 0.5) is 4.79 Å². The van der Waals surface area contributed by atoms with Crippen molar-refractivity contribution in [3.05, 3.63) is 59.7 Å². The van der Waals surface area contributed by atoms with Gasteiger partial charge < -0.3 is 15.1 Å². The number of carbonyl (C=O) groups is 1. The molecule has 0 atom stereocenters. The van der Waals surface area contributed by atoms with Gasteiger partial charge in [0, 0.05) is 39.3 Å². The fourth-order valence-corrected chi connectivity index (χ4v) is 4.70. The molecule has 1 saturated heterocycles. The molecular weight excluding hydrogens is 412 g/mol. The Kier molecular flexibility index (Phi) is 7.69. The molecule has 168 valence electrons. The Labute approximate surface area is 185 Å². The highest BCUT2D eigenvalue weighted by atomic mass is 32.2. The van der Waals surface area contributed by atoms with E-state index in [4.69, 9.17) is 0 Å². The van der Waals surface area contributed by atoms with E-state index in [-0.39, 0.29) is 6.03 Å². The molecule has 0 bridgehead atoms. The summed E-state index contributed by atoms with van der Waals surface area (Å²) >= 11 is 0. The highest BCUT2D eigenvalue weighted by Gasteiger charge is 2.23. The number of hydrogen-bond donors (Lipinski definition) is 1. The summed E-state index contributed by atoms with van der Waals surface area (Å²) in [5.74, 6) is 0. The summed E-state index contributed by atoms with van der Waals surface area (Å²) in [4.78, 5) is 16.6. The molecule has 1 heterocycles. The van der Waals surface area contributed by atoms with Crippen molar-refractivity contribution in [1.82, 2.24) is 19.4 Å². The molecule has 0 spiro atoms. The molecule has 3 rings (SSSR count). The third-order valence-corrected chi connectivity index (χ3v) is 6.73. The lowest BCUT2D eigenvalue weighted by Gasteiger charge is -2.22. The molecule has 1 aliphatic rings. The molecule has 1 N–H and O–H groups in total.